The number of carbonyl (C=O) groups excluding carboxylic acids is 2. The summed E-state index contributed by atoms with van der Waals surface area (Å²) in [6, 6.07) is 21.4. The second kappa shape index (κ2) is 20.5. The number of esters is 2. The molecular formula is C42H50O12. The van der Waals surface area contributed by atoms with Crippen molar-refractivity contribution < 1.29 is 57.0 Å². The van der Waals surface area contributed by atoms with E-state index in [0.717, 1.165) is 11.1 Å². The zero-order valence-corrected chi connectivity index (χ0v) is 32.2. The number of hydrogen-bond donors (Lipinski definition) is 0. The molecule has 0 spiro atoms. The van der Waals surface area contributed by atoms with Crippen LogP contribution in [0.3, 0.4) is 0 Å². The highest BCUT2D eigenvalue weighted by atomic mass is 16.5. The summed E-state index contributed by atoms with van der Waals surface area (Å²) < 4.78 is 55.3. The van der Waals surface area contributed by atoms with Gasteiger partial charge in [-0.2, -0.15) is 0 Å². The lowest BCUT2D eigenvalue weighted by Gasteiger charge is -2.28. The van der Waals surface area contributed by atoms with Crippen molar-refractivity contribution in [3.05, 3.63) is 95.1 Å². The fourth-order valence-electron chi connectivity index (χ4n) is 6.20. The molecule has 12 nitrogen and oxygen atoms in total. The average molecular weight is 747 g/mol. The largest absolute Gasteiger partial charge is 0.497 e. The fraction of sp³-hybridized carbons (Fsp3) is 0.381. The zero-order valence-electron chi connectivity index (χ0n) is 32.2. The van der Waals surface area contributed by atoms with Crippen LogP contribution in [-0.4, -0.2) is 82.0 Å². The van der Waals surface area contributed by atoms with Crippen LogP contribution in [0.1, 0.15) is 44.7 Å². The molecule has 54 heavy (non-hydrogen) atoms. The van der Waals surface area contributed by atoms with Crippen LogP contribution >= 0.6 is 0 Å². The van der Waals surface area contributed by atoms with Gasteiger partial charge in [0, 0.05) is 18.1 Å². The minimum atomic E-state index is -0.517. The Labute approximate surface area is 317 Å². The van der Waals surface area contributed by atoms with Gasteiger partial charge in [0.1, 0.15) is 23.0 Å². The van der Waals surface area contributed by atoms with Crippen molar-refractivity contribution in [1.82, 2.24) is 0 Å². The first-order valence-corrected chi connectivity index (χ1v) is 17.4. The normalized spacial score (nSPS) is 11.8. The maximum absolute atomic E-state index is 13.5. The van der Waals surface area contributed by atoms with E-state index in [1.807, 2.05) is 36.4 Å². The highest BCUT2D eigenvalue weighted by Crippen LogP contribution is 2.35. The summed E-state index contributed by atoms with van der Waals surface area (Å²) in [6.45, 7) is 0.251. The maximum Gasteiger partial charge on any atom is 0.338 e. The Balaban J connectivity index is 1.64. The SMILES string of the molecule is COc1cc(OC)cc(C(=O)OCCC[C@@H](Cc2ccc(OC)c(OC)c2)[C@@H](COC(=O)c2cc(OC)cc(OC)c2)Cc2ccc(OC)c(OC)c2)c1. The number of benzene rings is 4. The molecular weight excluding hydrogens is 696 g/mol. The molecule has 2 atom stereocenters. The van der Waals surface area contributed by atoms with E-state index in [1.54, 1.807) is 64.8 Å². The van der Waals surface area contributed by atoms with Crippen molar-refractivity contribution in [3.63, 3.8) is 0 Å². The number of methoxy groups -OCH3 is 8. The molecule has 12 heteroatoms. The molecule has 0 heterocycles. The van der Waals surface area contributed by atoms with Crippen LogP contribution in [0.25, 0.3) is 0 Å². The molecule has 0 N–H and O–H groups in total. The fourth-order valence-corrected chi connectivity index (χ4v) is 6.20. The van der Waals surface area contributed by atoms with Crippen molar-refractivity contribution >= 4 is 11.9 Å². The summed E-state index contributed by atoms with van der Waals surface area (Å²) in [5.74, 6) is 3.06. The van der Waals surface area contributed by atoms with E-state index in [0.29, 0.717) is 82.8 Å². The molecule has 0 aliphatic heterocycles. The summed E-state index contributed by atoms with van der Waals surface area (Å²) in [7, 11) is 12.4. The van der Waals surface area contributed by atoms with E-state index in [9.17, 15) is 9.59 Å². The highest BCUT2D eigenvalue weighted by molar-refractivity contribution is 5.91. The van der Waals surface area contributed by atoms with Crippen LogP contribution in [-0.2, 0) is 22.3 Å². The third kappa shape index (κ3) is 11.1. The summed E-state index contributed by atoms with van der Waals surface area (Å²) in [5, 5.41) is 0. The van der Waals surface area contributed by atoms with Crippen molar-refractivity contribution in [2.45, 2.75) is 25.7 Å². The van der Waals surface area contributed by atoms with E-state index in [4.69, 9.17) is 47.4 Å². The van der Waals surface area contributed by atoms with Crippen LogP contribution in [0.15, 0.2) is 72.8 Å². The first kappa shape index (κ1) is 41.0. The predicted octanol–water partition coefficient (Wildman–Crippen LogP) is 7.27. The second-order valence-electron chi connectivity index (χ2n) is 12.4. The van der Waals surface area contributed by atoms with E-state index in [1.165, 1.54) is 28.4 Å². The number of hydrogen-bond acceptors (Lipinski definition) is 12. The van der Waals surface area contributed by atoms with Gasteiger partial charge in [0.05, 0.1) is 81.2 Å². The van der Waals surface area contributed by atoms with Crippen molar-refractivity contribution in [1.29, 1.82) is 0 Å². The van der Waals surface area contributed by atoms with E-state index < -0.39 is 11.9 Å². The molecule has 0 fully saturated rings. The van der Waals surface area contributed by atoms with Crippen LogP contribution in [0.4, 0.5) is 0 Å². The Bertz CT molecular complexity index is 1790. The van der Waals surface area contributed by atoms with E-state index in [2.05, 4.69) is 0 Å². The van der Waals surface area contributed by atoms with E-state index in [-0.39, 0.29) is 25.0 Å². The summed E-state index contributed by atoms with van der Waals surface area (Å²) in [5.41, 5.74) is 2.58. The van der Waals surface area contributed by atoms with Crippen molar-refractivity contribution in [2.24, 2.45) is 11.8 Å². The van der Waals surface area contributed by atoms with Gasteiger partial charge < -0.3 is 47.4 Å². The molecule has 4 rings (SSSR count). The van der Waals surface area contributed by atoms with Gasteiger partial charge in [-0.1, -0.05) is 12.1 Å². The second-order valence-corrected chi connectivity index (χ2v) is 12.4. The van der Waals surface area contributed by atoms with Crippen LogP contribution < -0.4 is 37.9 Å². The number of ether oxygens (including phenoxy) is 10. The minimum Gasteiger partial charge on any atom is -0.497 e. The molecule has 290 valence electrons. The Morgan fingerprint density at radius 3 is 1.28 bits per heavy atom. The van der Waals surface area contributed by atoms with Gasteiger partial charge in [-0.05, 0) is 91.3 Å². The Morgan fingerprint density at radius 2 is 0.870 bits per heavy atom. The van der Waals surface area contributed by atoms with Gasteiger partial charge in [0.15, 0.2) is 23.0 Å². The van der Waals surface area contributed by atoms with Crippen molar-refractivity contribution in [3.8, 4) is 46.0 Å². The first-order valence-electron chi connectivity index (χ1n) is 17.4. The number of rotatable bonds is 21. The minimum absolute atomic E-state index is 0.0561. The lowest BCUT2D eigenvalue weighted by atomic mass is 9.80. The Morgan fingerprint density at radius 1 is 0.463 bits per heavy atom. The molecule has 0 aliphatic carbocycles. The van der Waals surface area contributed by atoms with Gasteiger partial charge in [0.2, 0.25) is 0 Å². The molecule has 0 saturated heterocycles. The summed E-state index contributed by atoms with van der Waals surface area (Å²) in [6.07, 6.45) is 2.31. The maximum atomic E-state index is 13.5. The monoisotopic (exact) mass is 746 g/mol. The van der Waals surface area contributed by atoms with Gasteiger partial charge in [0.25, 0.3) is 0 Å². The molecule has 0 unspecified atom stereocenters. The van der Waals surface area contributed by atoms with Crippen LogP contribution in [0.2, 0.25) is 0 Å². The van der Waals surface area contributed by atoms with Crippen LogP contribution in [0, 0.1) is 11.8 Å². The van der Waals surface area contributed by atoms with Gasteiger partial charge in [-0.15, -0.1) is 0 Å². The summed E-state index contributed by atoms with van der Waals surface area (Å²) in [4.78, 5) is 26.6. The predicted molar refractivity (Wildman–Crippen MR) is 202 cm³/mol. The quantitative estimate of drug-likeness (QED) is 0.0629. The molecule has 0 bridgehead atoms. The lowest BCUT2D eigenvalue weighted by molar-refractivity contribution is 0.0361. The molecule has 0 radical (unpaired) electrons. The van der Waals surface area contributed by atoms with Crippen molar-refractivity contribution in [2.75, 3.05) is 70.1 Å². The summed E-state index contributed by atoms with van der Waals surface area (Å²) >= 11 is 0. The number of carbonyl (C=O) groups is 2. The topological polar surface area (TPSA) is 126 Å². The molecule has 4 aromatic carbocycles. The Kier molecular flexibility index (Phi) is 15.5. The molecule has 0 saturated carbocycles. The molecule has 4 aromatic rings. The molecule has 0 amide bonds. The molecule has 0 aliphatic rings. The zero-order chi connectivity index (χ0) is 39.0. The standard InChI is InChI=1S/C42H50O12/c1-45-33-20-30(21-34(24-33)46-2)41(43)53-15-9-10-29(16-27-11-13-37(49-5)39(18-27)51-7)32(17-28-12-14-38(50-6)40(19-28)52-8)26-54-42(44)31-22-35(47-3)25-36(23-31)48-4/h11-14,18-25,29,32H,9-10,15-17,26H2,1-8H3/t29-,32+/m0/s1. The average Bonchev–Trinajstić information content (AvgIpc) is 3.22. The first-order chi connectivity index (χ1) is 26.2. The smallest absolute Gasteiger partial charge is 0.338 e. The third-order valence-corrected chi connectivity index (χ3v) is 9.11. The van der Waals surface area contributed by atoms with E-state index >= 15 is 0 Å². The van der Waals surface area contributed by atoms with Gasteiger partial charge >= 0.3 is 11.9 Å². The lowest BCUT2D eigenvalue weighted by Crippen LogP contribution is -2.27. The Hall–Kier alpha value is -5.78. The highest BCUT2D eigenvalue weighted by Gasteiger charge is 2.26. The van der Waals surface area contributed by atoms with Gasteiger partial charge in [-0.3, -0.25) is 0 Å². The van der Waals surface area contributed by atoms with Gasteiger partial charge in [-0.25, -0.2) is 9.59 Å². The third-order valence-electron chi connectivity index (χ3n) is 9.11. The molecule has 0 aromatic heterocycles. The van der Waals surface area contributed by atoms with Crippen LogP contribution in [0.5, 0.6) is 46.0 Å².